The van der Waals surface area contributed by atoms with E-state index in [2.05, 4.69) is 5.32 Å². The van der Waals surface area contributed by atoms with Gasteiger partial charge in [-0.15, -0.1) is 0 Å². The number of para-hydroxylation sites is 2. The molecule has 0 aliphatic carbocycles. The molecule has 3 aromatic rings. The maximum Gasteiger partial charge on any atom is 0.292 e. The molecule has 3 rings (SSSR count). The normalized spacial score (nSPS) is 10.8. The predicted molar refractivity (Wildman–Crippen MR) is 124 cm³/mol. The van der Waals surface area contributed by atoms with Gasteiger partial charge in [-0.3, -0.25) is 14.9 Å². The van der Waals surface area contributed by atoms with Gasteiger partial charge in [-0.1, -0.05) is 48.0 Å². The smallest absolute Gasteiger partial charge is 0.292 e. The minimum atomic E-state index is -0.773. The standard InChI is InChI=1S/C24H18ClN3O5/c1-32-23-13-16(10-11-22(23)33-15-17-6-2-3-7-19(17)25)12-18(14-26)24(29)27-20-8-4-5-9-21(20)28(30)31/h2-13H,15H2,1H3,(H,27,29)/b18-12+. The maximum absolute atomic E-state index is 12.5. The fourth-order valence-electron chi connectivity index (χ4n) is 2.91. The van der Waals surface area contributed by atoms with Crippen LogP contribution in [0.25, 0.3) is 6.08 Å². The van der Waals surface area contributed by atoms with Crippen LogP contribution >= 0.6 is 11.6 Å². The van der Waals surface area contributed by atoms with Crippen molar-refractivity contribution in [3.05, 3.63) is 98.6 Å². The lowest BCUT2D eigenvalue weighted by Crippen LogP contribution is -2.14. The molecular weight excluding hydrogens is 446 g/mol. The zero-order valence-corrected chi connectivity index (χ0v) is 18.2. The van der Waals surface area contributed by atoms with E-state index in [1.807, 2.05) is 24.3 Å². The third-order valence-corrected chi connectivity index (χ3v) is 4.92. The van der Waals surface area contributed by atoms with Gasteiger partial charge in [0.15, 0.2) is 11.5 Å². The van der Waals surface area contributed by atoms with E-state index in [9.17, 15) is 20.2 Å². The van der Waals surface area contributed by atoms with Crippen LogP contribution in [0.4, 0.5) is 11.4 Å². The van der Waals surface area contributed by atoms with Crippen molar-refractivity contribution < 1.29 is 19.2 Å². The van der Waals surface area contributed by atoms with Gasteiger partial charge in [0.2, 0.25) is 0 Å². The van der Waals surface area contributed by atoms with Gasteiger partial charge in [0.1, 0.15) is 23.9 Å². The van der Waals surface area contributed by atoms with Crippen LogP contribution in [0.3, 0.4) is 0 Å². The number of amides is 1. The molecule has 1 N–H and O–H groups in total. The quantitative estimate of drug-likeness (QED) is 0.207. The number of carbonyl (C=O) groups is 1. The van der Waals surface area contributed by atoms with Gasteiger partial charge in [0.05, 0.1) is 12.0 Å². The van der Waals surface area contributed by atoms with Crippen molar-refractivity contribution in [1.29, 1.82) is 5.26 Å². The van der Waals surface area contributed by atoms with Crippen LogP contribution in [0, 0.1) is 21.4 Å². The van der Waals surface area contributed by atoms with E-state index in [1.54, 1.807) is 30.3 Å². The molecule has 0 spiro atoms. The van der Waals surface area contributed by atoms with E-state index < -0.39 is 10.8 Å². The van der Waals surface area contributed by atoms with E-state index in [4.69, 9.17) is 21.1 Å². The highest BCUT2D eigenvalue weighted by atomic mass is 35.5. The molecule has 0 aliphatic heterocycles. The van der Waals surface area contributed by atoms with Crippen molar-refractivity contribution in [2.24, 2.45) is 0 Å². The molecule has 0 saturated carbocycles. The molecule has 0 atom stereocenters. The second-order valence-electron chi connectivity index (χ2n) is 6.69. The highest BCUT2D eigenvalue weighted by Crippen LogP contribution is 2.31. The van der Waals surface area contributed by atoms with Crippen molar-refractivity contribution in [2.75, 3.05) is 12.4 Å². The highest BCUT2D eigenvalue weighted by Gasteiger charge is 2.17. The molecule has 0 unspecified atom stereocenters. The van der Waals surface area contributed by atoms with E-state index in [1.165, 1.54) is 31.4 Å². The number of anilines is 1. The summed E-state index contributed by atoms with van der Waals surface area (Å²) in [4.78, 5) is 23.1. The van der Waals surface area contributed by atoms with Gasteiger partial charge in [-0.2, -0.15) is 5.26 Å². The fourth-order valence-corrected chi connectivity index (χ4v) is 3.10. The summed E-state index contributed by atoms with van der Waals surface area (Å²) in [7, 11) is 1.47. The Morgan fingerprint density at radius 3 is 2.58 bits per heavy atom. The van der Waals surface area contributed by atoms with Crippen LogP contribution < -0.4 is 14.8 Å². The first-order valence-corrected chi connectivity index (χ1v) is 10.0. The Balaban J connectivity index is 1.79. The number of hydrogen-bond acceptors (Lipinski definition) is 6. The number of methoxy groups -OCH3 is 1. The largest absolute Gasteiger partial charge is 0.493 e. The number of rotatable bonds is 8. The summed E-state index contributed by atoms with van der Waals surface area (Å²) in [5, 5.41) is 23.6. The van der Waals surface area contributed by atoms with E-state index in [-0.39, 0.29) is 23.6 Å². The Labute approximate surface area is 194 Å². The summed E-state index contributed by atoms with van der Waals surface area (Å²) >= 11 is 6.15. The van der Waals surface area contributed by atoms with Gasteiger partial charge in [0, 0.05) is 16.7 Å². The zero-order chi connectivity index (χ0) is 23.8. The first-order valence-electron chi connectivity index (χ1n) is 9.63. The number of benzene rings is 3. The summed E-state index contributed by atoms with van der Waals surface area (Å²) < 4.78 is 11.2. The first-order chi connectivity index (χ1) is 15.9. The van der Waals surface area contributed by atoms with Gasteiger partial charge in [-0.05, 0) is 35.9 Å². The molecule has 3 aromatic carbocycles. The van der Waals surface area contributed by atoms with Crippen LogP contribution in [-0.4, -0.2) is 17.9 Å². The zero-order valence-electron chi connectivity index (χ0n) is 17.4. The lowest BCUT2D eigenvalue weighted by molar-refractivity contribution is -0.383. The van der Waals surface area contributed by atoms with Crippen molar-refractivity contribution >= 4 is 35.0 Å². The van der Waals surface area contributed by atoms with Crippen LogP contribution in [0.2, 0.25) is 5.02 Å². The van der Waals surface area contributed by atoms with Crippen LogP contribution in [0.1, 0.15) is 11.1 Å². The SMILES string of the molecule is COc1cc(/C=C(\C#N)C(=O)Nc2ccccc2[N+](=O)[O-])ccc1OCc1ccccc1Cl. The number of hydrogen-bond donors (Lipinski definition) is 1. The number of nitro benzene ring substituents is 1. The Morgan fingerprint density at radius 2 is 1.88 bits per heavy atom. The lowest BCUT2D eigenvalue weighted by Gasteiger charge is -2.12. The number of nitro groups is 1. The van der Waals surface area contributed by atoms with Crippen molar-refractivity contribution in [3.8, 4) is 17.6 Å². The third-order valence-electron chi connectivity index (χ3n) is 4.55. The van der Waals surface area contributed by atoms with Crippen molar-refractivity contribution in [3.63, 3.8) is 0 Å². The Morgan fingerprint density at radius 1 is 1.15 bits per heavy atom. The maximum atomic E-state index is 12.5. The van der Waals surface area contributed by atoms with E-state index >= 15 is 0 Å². The van der Waals surface area contributed by atoms with Gasteiger partial charge in [-0.25, -0.2) is 0 Å². The Bertz CT molecular complexity index is 1270. The van der Waals surface area contributed by atoms with E-state index in [0.29, 0.717) is 22.1 Å². The molecule has 0 fully saturated rings. The van der Waals surface area contributed by atoms with Gasteiger partial charge < -0.3 is 14.8 Å². The van der Waals surface area contributed by atoms with Gasteiger partial charge in [0.25, 0.3) is 11.6 Å². The number of nitrogens with zero attached hydrogens (tertiary/aromatic N) is 2. The highest BCUT2D eigenvalue weighted by molar-refractivity contribution is 6.31. The molecular formula is C24H18ClN3O5. The van der Waals surface area contributed by atoms with Gasteiger partial charge >= 0.3 is 0 Å². The summed E-state index contributed by atoms with van der Waals surface area (Å²) in [5.74, 6) is 0.0782. The molecule has 0 saturated heterocycles. The molecule has 166 valence electrons. The first kappa shape index (κ1) is 23.3. The number of carbonyl (C=O) groups excluding carboxylic acids is 1. The topological polar surface area (TPSA) is 114 Å². The molecule has 0 radical (unpaired) electrons. The molecule has 9 heteroatoms. The summed E-state index contributed by atoms with van der Waals surface area (Å²) in [6.45, 7) is 0.229. The molecule has 0 aliphatic rings. The van der Waals surface area contributed by atoms with E-state index in [0.717, 1.165) is 5.56 Å². The average Bonchev–Trinajstić information content (AvgIpc) is 2.82. The Kier molecular flexibility index (Phi) is 7.63. The minimum Gasteiger partial charge on any atom is -0.493 e. The number of ether oxygens (including phenoxy) is 2. The monoisotopic (exact) mass is 463 g/mol. The molecule has 0 heterocycles. The van der Waals surface area contributed by atoms with Crippen molar-refractivity contribution in [2.45, 2.75) is 6.61 Å². The van der Waals surface area contributed by atoms with Crippen LogP contribution in [0.15, 0.2) is 72.3 Å². The second-order valence-corrected chi connectivity index (χ2v) is 7.10. The number of halogens is 1. The second kappa shape index (κ2) is 10.8. The summed E-state index contributed by atoms with van der Waals surface area (Å²) in [6.07, 6.45) is 1.35. The lowest BCUT2D eigenvalue weighted by atomic mass is 10.1. The molecule has 0 bridgehead atoms. The third kappa shape index (κ3) is 5.87. The molecule has 8 nitrogen and oxygen atoms in total. The average molecular weight is 464 g/mol. The van der Waals surface area contributed by atoms with Crippen LogP contribution in [0.5, 0.6) is 11.5 Å². The fraction of sp³-hybridized carbons (Fsp3) is 0.0833. The minimum absolute atomic E-state index is 0.00505. The summed E-state index contributed by atoms with van der Waals surface area (Å²) in [6, 6.07) is 19.7. The van der Waals surface area contributed by atoms with Crippen molar-refractivity contribution in [1.82, 2.24) is 0 Å². The number of nitriles is 1. The number of nitrogens with one attached hydrogen (secondary N) is 1. The molecule has 1 amide bonds. The Hall–Kier alpha value is -4.35. The summed E-state index contributed by atoms with van der Waals surface area (Å²) in [5.41, 5.74) is 0.800. The molecule has 33 heavy (non-hydrogen) atoms. The molecule has 0 aromatic heterocycles. The predicted octanol–water partition coefficient (Wildman–Crippen LogP) is 5.38. The van der Waals surface area contributed by atoms with Crippen LogP contribution in [-0.2, 0) is 11.4 Å².